The van der Waals surface area contributed by atoms with Crippen molar-refractivity contribution in [3.05, 3.63) is 82.4 Å². The van der Waals surface area contributed by atoms with Crippen LogP contribution in [-0.4, -0.2) is 26.2 Å². The van der Waals surface area contributed by atoms with Gasteiger partial charge in [0, 0.05) is 34.2 Å². The van der Waals surface area contributed by atoms with Crippen LogP contribution in [0.3, 0.4) is 0 Å². The number of rotatable bonds is 9. The maximum Gasteiger partial charge on any atom is 0.269 e. The Morgan fingerprint density at radius 3 is 2.39 bits per heavy atom. The van der Waals surface area contributed by atoms with E-state index in [-0.39, 0.29) is 17.2 Å². The molecular weight excluding hydrogens is 418 g/mol. The zero-order chi connectivity index (χ0) is 23.4. The predicted molar refractivity (Wildman–Crippen MR) is 130 cm³/mol. The van der Waals surface area contributed by atoms with Crippen molar-refractivity contribution < 1.29 is 14.9 Å². The van der Waals surface area contributed by atoms with Crippen LogP contribution in [0.2, 0.25) is 0 Å². The van der Waals surface area contributed by atoms with Crippen LogP contribution in [-0.2, 0) is 0 Å². The molecule has 1 N–H and O–H groups in total. The van der Waals surface area contributed by atoms with Crippen LogP contribution in [0, 0.1) is 10.1 Å². The van der Waals surface area contributed by atoms with Gasteiger partial charge in [-0.05, 0) is 37.1 Å². The van der Waals surface area contributed by atoms with Gasteiger partial charge in [-0.25, -0.2) is 0 Å². The molecule has 0 unspecified atom stereocenters. The van der Waals surface area contributed by atoms with Crippen molar-refractivity contribution in [2.24, 2.45) is 5.16 Å². The number of nitro groups is 1. The lowest BCUT2D eigenvalue weighted by molar-refractivity contribution is -0.384. The molecule has 0 saturated carbocycles. The number of carbonyl (C=O) groups excluding carboxylic acids is 1. The second-order valence-electron chi connectivity index (χ2n) is 8.01. The number of hydrogen-bond donors (Lipinski definition) is 1. The lowest BCUT2D eigenvalue weighted by atomic mass is 9.99. The molecule has 33 heavy (non-hydrogen) atoms. The number of para-hydroxylation sites is 2. The van der Waals surface area contributed by atoms with Gasteiger partial charge in [-0.15, -0.1) is 0 Å². The average molecular weight is 444 g/mol. The second kappa shape index (κ2) is 9.65. The smallest absolute Gasteiger partial charge is 0.269 e. The van der Waals surface area contributed by atoms with E-state index in [1.165, 1.54) is 12.1 Å². The Kier molecular flexibility index (Phi) is 6.49. The van der Waals surface area contributed by atoms with Crippen molar-refractivity contribution in [1.82, 2.24) is 4.57 Å². The first kappa shape index (κ1) is 22.2. The number of non-ortho nitro benzene ring substituents is 1. The van der Waals surface area contributed by atoms with E-state index in [2.05, 4.69) is 12.1 Å². The van der Waals surface area contributed by atoms with Gasteiger partial charge in [0.1, 0.15) is 5.71 Å². The highest BCUT2D eigenvalue weighted by Gasteiger charge is 2.22. The molecule has 0 aliphatic rings. The highest BCUT2D eigenvalue weighted by molar-refractivity contribution is 6.48. The standard InChI is InChI=1S/C26H25N3O4/c1-2-3-4-5-12-23(27-31)26(30)22-11-8-10-21-20-9-6-7-13-24(20)28(25(21)22)18-14-16-19(17-15-18)29(32)33/h6-11,13-17,31H,2-5,12H2,1H3. The van der Waals surface area contributed by atoms with Gasteiger partial charge in [-0.1, -0.05) is 61.7 Å². The number of nitro benzene ring substituents is 1. The third-order valence-electron chi connectivity index (χ3n) is 5.91. The molecule has 1 heterocycles. The molecule has 0 fully saturated rings. The van der Waals surface area contributed by atoms with Crippen molar-refractivity contribution in [2.75, 3.05) is 0 Å². The number of aromatic nitrogens is 1. The minimum Gasteiger partial charge on any atom is -0.411 e. The van der Waals surface area contributed by atoms with Gasteiger partial charge in [0.2, 0.25) is 5.78 Å². The summed E-state index contributed by atoms with van der Waals surface area (Å²) in [5.74, 6) is -0.314. The van der Waals surface area contributed by atoms with Crippen LogP contribution < -0.4 is 0 Å². The minimum absolute atomic E-state index is 0.00223. The fraction of sp³-hybridized carbons (Fsp3) is 0.231. The number of nitrogens with zero attached hydrogens (tertiary/aromatic N) is 3. The maximum absolute atomic E-state index is 13.5. The molecule has 0 atom stereocenters. The van der Waals surface area contributed by atoms with E-state index < -0.39 is 4.92 Å². The van der Waals surface area contributed by atoms with Crippen molar-refractivity contribution in [1.29, 1.82) is 0 Å². The number of Topliss-reactive ketones (excluding diaryl/α,β-unsaturated/α-hetero) is 1. The molecule has 0 spiro atoms. The SMILES string of the molecule is CCCCCCC(=NO)C(=O)c1cccc2c3ccccc3n(-c3ccc([N+](=O)[O-])cc3)c12. The van der Waals surface area contributed by atoms with Crippen LogP contribution >= 0.6 is 0 Å². The third kappa shape index (κ3) is 4.22. The van der Waals surface area contributed by atoms with E-state index in [1.807, 2.05) is 41.0 Å². The number of ketones is 1. The first-order valence-electron chi connectivity index (χ1n) is 11.1. The lowest BCUT2D eigenvalue weighted by Gasteiger charge is -2.11. The van der Waals surface area contributed by atoms with Crippen molar-refractivity contribution in [3.8, 4) is 5.69 Å². The molecule has 0 radical (unpaired) electrons. The van der Waals surface area contributed by atoms with Crippen LogP contribution in [0.15, 0.2) is 71.9 Å². The minimum atomic E-state index is -0.437. The fourth-order valence-electron chi connectivity index (χ4n) is 4.28. The number of benzene rings is 3. The van der Waals surface area contributed by atoms with Gasteiger partial charge in [0.15, 0.2) is 0 Å². The number of unbranched alkanes of at least 4 members (excludes halogenated alkanes) is 3. The summed E-state index contributed by atoms with van der Waals surface area (Å²) in [5.41, 5.74) is 2.85. The Labute approximate surface area is 191 Å². The maximum atomic E-state index is 13.5. The Balaban J connectivity index is 1.89. The summed E-state index contributed by atoms with van der Waals surface area (Å²) >= 11 is 0. The average Bonchev–Trinajstić information content (AvgIpc) is 3.18. The van der Waals surface area contributed by atoms with Gasteiger partial charge in [-0.2, -0.15) is 0 Å². The number of fused-ring (bicyclic) bond motifs is 3. The van der Waals surface area contributed by atoms with E-state index in [0.717, 1.165) is 42.0 Å². The van der Waals surface area contributed by atoms with Gasteiger partial charge in [-0.3, -0.25) is 14.9 Å². The predicted octanol–water partition coefficient (Wildman–Crippen LogP) is 6.68. The molecule has 7 nitrogen and oxygen atoms in total. The Morgan fingerprint density at radius 2 is 1.70 bits per heavy atom. The highest BCUT2D eigenvalue weighted by atomic mass is 16.6. The molecule has 4 aromatic rings. The first-order valence-corrected chi connectivity index (χ1v) is 11.1. The van der Waals surface area contributed by atoms with Crippen LogP contribution in [0.5, 0.6) is 0 Å². The summed E-state index contributed by atoms with van der Waals surface area (Å²) in [6.07, 6.45) is 4.30. The summed E-state index contributed by atoms with van der Waals surface area (Å²) < 4.78 is 1.94. The quantitative estimate of drug-likeness (QED) is 0.0779. The molecule has 3 aromatic carbocycles. The van der Waals surface area contributed by atoms with E-state index in [9.17, 15) is 20.1 Å². The summed E-state index contributed by atoms with van der Waals surface area (Å²) in [6, 6.07) is 19.6. The topological polar surface area (TPSA) is 97.7 Å². The van der Waals surface area contributed by atoms with Gasteiger partial charge in [0.05, 0.1) is 16.0 Å². The zero-order valence-electron chi connectivity index (χ0n) is 18.4. The summed E-state index contributed by atoms with van der Waals surface area (Å²) in [6.45, 7) is 2.11. The molecule has 0 saturated heterocycles. The second-order valence-corrected chi connectivity index (χ2v) is 8.01. The molecule has 0 aliphatic carbocycles. The molecule has 0 amide bonds. The van der Waals surface area contributed by atoms with E-state index in [1.54, 1.807) is 18.2 Å². The summed E-state index contributed by atoms with van der Waals surface area (Å²) in [7, 11) is 0. The monoisotopic (exact) mass is 443 g/mol. The van der Waals surface area contributed by atoms with Crippen LogP contribution in [0.4, 0.5) is 5.69 Å². The van der Waals surface area contributed by atoms with Crippen molar-refractivity contribution in [2.45, 2.75) is 39.0 Å². The molecule has 0 bridgehead atoms. The van der Waals surface area contributed by atoms with E-state index >= 15 is 0 Å². The Bertz CT molecular complexity index is 1350. The van der Waals surface area contributed by atoms with E-state index in [0.29, 0.717) is 23.2 Å². The zero-order valence-corrected chi connectivity index (χ0v) is 18.4. The molecule has 4 rings (SSSR count). The van der Waals surface area contributed by atoms with Gasteiger partial charge < -0.3 is 9.77 Å². The molecule has 7 heteroatoms. The number of oxime groups is 1. The lowest BCUT2D eigenvalue weighted by Crippen LogP contribution is -2.16. The third-order valence-corrected chi connectivity index (χ3v) is 5.91. The highest BCUT2D eigenvalue weighted by Crippen LogP contribution is 2.34. The van der Waals surface area contributed by atoms with Crippen LogP contribution in [0.1, 0.15) is 49.4 Å². The summed E-state index contributed by atoms with van der Waals surface area (Å²) in [4.78, 5) is 24.1. The Hall–Kier alpha value is -4.00. The Morgan fingerprint density at radius 1 is 0.970 bits per heavy atom. The summed E-state index contributed by atoms with van der Waals surface area (Å²) in [5, 5.41) is 25.9. The molecule has 0 aliphatic heterocycles. The normalized spacial score (nSPS) is 11.8. The molecule has 1 aromatic heterocycles. The van der Waals surface area contributed by atoms with Crippen LogP contribution in [0.25, 0.3) is 27.5 Å². The van der Waals surface area contributed by atoms with E-state index in [4.69, 9.17) is 0 Å². The fourth-order valence-corrected chi connectivity index (χ4v) is 4.28. The van der Waals surface area contributed by atoms with Crippen molar-refractivity contribution >= 4 is 39.0 Å². The largest absolute Gasteiger partial charge is 0.411 e. The number of carbonyl (C=O) groups is 1. The first-order chi connectivity index (χ1) is 16.1. The molecular formula is C26H25N3O4. The van der Waals surface area contributed by atoms with Gasteiger partial charge >= 0.3 is 0 Å². The molecule has 168 valence electrons. The van der Waals surface area contributed by atoms with Gasteiger partial charge in [0.25, 0.3) is 5.69 Å². The number of hydrogen-bond acceptors (Lipinski definition) is 5. The van der Waals surface area contributed by atoms with Crippen molar-refractivity contribution in [3.63, 3.8) is 0 Å².